The van der Waals surface area contributed by atoms with Crippen molar-refractivity contribution in [2.24, 2.45) is 4.99 Å². The Hall–Kier alpha value is -1.15. The first kappa shape index (κ1) is 11.9. The van der Waals surface area contributed by atoms with Gasteiger partial charge in [0.25, 0.3) is 0 Å². The number of hydrogen-bond donors (Lipinski definition) is 0. The van der Waals surface area contributed by atoms with Crippen molar-refractivity contribution < 1.29 is 0 Å². The van der Waals surface area contributed by atoms with E-state index in [-0.39, 0.29) is 0 Å². The number of rotatable bonds is 2. The summed E-state index contributed by atoms with van der Waals surface area (Å²) in [6, 6.07) is 12.5. The van der Waals surface area contributed by atoms with Gasteiger partial charge < -0.3 is 4.90 Å². The van der Waals surface area contributed by atoms with Gasteiger partial charge >= 0.3 is 0 Å². The third kappa shape index (κ3) is 2.49. The van der Waals surface area contributed by atoms with Gasteiger partial charge in [-0.25, -0.2) is 0 Å². The second-order valence-electron chi connectivity index (χ2n) is 5.72. The number of hydrogen-bond acceptors (Lipinski definition) is 2. The summed E-state index contributed by atoms with van der Waals surface area (Å²) in [4.78, 5) is 7.41. The summed E-state index contributed by atoms with van der Waals surface area (Å²) in [5, 5.41) is 0. The summed E-state index contributed by atoms with van der Waals surface area (Å²) in [7, 11) is 2.30. The van der Waals surface area contributed by atoms with E-state index in [1.54, 1.807) is 0 Å². The molecule has 2 heterocycles. The van der Waals surface area contributed by atoms with Gasteiger partial charge in [-0.05, 0) is 38.3 Å². The minimum absolute atomic E-state index is 0.539. The smallest absolute Gasteiger partial charge is 0.0529 e. The van der Waals surface area contributed by atoms with Crippen LogP contribution in [0.1, 0.15) is 37.7 Å². The maximum Gasteiger partial charge on any atom is 0.0529 e. The fraction of sp³-hybridized carbons (Fsp3) is 0.562. The van der Waals surface area contributed by atoms with E-state index in [1.165, 1.54) is 37.7 Å². The van der Waals surface area contributed by atoms with Crippen LogP contribution < -0.4 is 0 Å². The van der Waals surface area contributed by atoms with Gasteiger partial charge in [0.1, 0.15) is 0 Å². The van der Waals surface area contributed by atoms with Crippen molar-refractivity contribution in [1.82, 2.24) is 4.90 Å². The van der Waals surface area contributed by atoms with Crippen LogP contribution in [0.3, 0.4) is 0 Å². The maximum atomic E-state index is 4.82. The topological polar surface area (TPSA) is 15.6 Å². The number of piperidine rings is 2. The Morgan fingerprint density at radius 2 is 1.78 bits per heavy atom. The number of nitrogens with zero attached hydrogens (tertiary/aromatic N) is 2. The highest BCUT2D eigenvalue weighted by atomic mass is 15.2. The summed E-state index contributed by atoms with van der Waals surface area (Å²) in [5.74, 6) is 0. The van der Waals surface area contributed by atoms with Crippen LogP contribution in [0.25, 0.3) is 0 Å². The molecule has 18 heavy (non-hydrogen) atoms. The minimum Gasteiger partial charge on any atom is -0.300 e. The Bertz CT molecular complexity index is 398. The average Bonchev–Trinajstić information content (AvgIpc) is 2.38. The van der Waals surface area contributed by atoms with Crippen molar-refractivity contribution in [2.45, 2.75) is 50.2 Å². The largest absolute Gasteiger partial charge is 0.300 e. The van der Waals surface area contributed by atoms with Gasteiger partial charge in [0.2, 0.25) is 0 Å². The van der Waals surface area contributed by atoms with E-state index < -0.39 is 0 Å². The van der Waals surface area contributed by atoms with Crippen LogP contribution in [0.15, 0.2) is 35.3 Å². The van der Waals surface area contributed by atoms with Crippen molar-refractivity contribution in [3.8, 4) is 0 Å². The monoisotopic (exact) mass is 242 g/mol. The predicted octanol–water partition coefficient (Wildman–Crippen LogP) is 3.12. The highest BCUT2D eigenvalue weighted by Crippen LogP contribution is 2.33. The maximum absolute atomic E-state index is 4.82. The van der Waals surface area contributed by atoms with Gasteiger partial charge in [0.05, 0.1) is 6.04 Å². The molecule has 3 rings (SSSR count). The second kappa shape index (κ2) is 5.23. The van der Waals surface area contributed by atoms with Crippen molar-refractivity contribution >= 4 is 6.21 Å². The van der Waals surface area contributed by atoms with Crippen LogP contribution in [0.2, 0.25) is 0 Å². The van der Waals surface area contributed by atoms with Crippen LogP contribution in [0.4, 0.5) is 0 Å². The van der Waals surface area contributed by atoms with E-state index in [0.717, 1.165) is 12.1 Å². The molecule has 0 radical (unpaired) electrons. The highest BCUT2D eigenvalue weighted by Gasteiger charge is 2.35. The van der Waals surface area contributed by atoms with E-state index in [9.17, 15) is 0 Å². The van der Waals surface area contributed by atoms with E-state index in [2.05, 4.69) is 48.5 Å². The molecule has 96 valence electrons. The summed E-state index contributed by atoms with van der Waals surface area (Å²) < 4.78 is 0. The fourth-order valence-corrected chi connectivity index (χ4v) is 3.44. The van der Waals surface area contributed by atoms with Crippen LogP contribution in [-0.4, -0.2) is 36.3 Å². The molecule has 2 saturated heterocycles. The summed E-state index contributed by atoms with van der Waals surface area (Å²) in [6.45, 7) is 0. The summed E-state index contributed by atoms with van der Waals surface area (Å²) in [5.41, 5.74) is 1.22. The third-order valence-electron chi connectivity index (χ3n) is 4.55. The highest BCUT2D eigenvalue weighted by molar-refractivity contribution is 5.79. The van der Waals surface area contributed by atoms with Crippen molar-refractivity contribution in [1.29, 1.82) is 0 Å². The quantitative estimate of drug-likeness (QED) is 0.728. The molecule has 2 aliphatic heterocycles. The SMILES string of the molecule is CN1[C@@H]2CCC[C@H]1CC(N=Cc1ccccc1)C2. The van der Waals surface area contributed by atoms with Crippen molar-refractivity contribution in [2.75, 3.05) is 7.05 Å². The number of aliphatic imine (C=N–C) groups is 1. The third-order valence-corrected chi connectivity index (χ3v) is 4.55. The van der Waals surface area contributed by atoms with Crippen LogP contribution in [-0.2, 0) is 0 Å². The molecule has 1 aromatic rings. The molecule has 0 saturated carbocycles. The molecular weight excluding hydrogens is 220 g/mol. The molecule has 0 N–H and O–H groups in total. The average molecular weight is 242 g/mol. The molecule has 2 fully saturated rings. The fourth-order valence-electron chi connectivity index (χ4n) is 3.44. The van der Waals surface area contributed by atoms with E-state index in [0.29, 0.717) is 6.04 Å². The molecule has 2 heteroatoms. The van der Waals surface area contributed by atoms with Crippen LogP contribution in [0.5, 0.6) is 0 Å². The zero-order valence-corrected chi connectivity index (χ0v) is 11.1. The lowest BCUT2D eigenvalue weighted by molar-refractivity contribution is 0.0576. The first-order chi connectivity index (χ1) is 8.83. The zero-order valence-electron chi connectivity index (χ0n) is 11.1. The van der Waals surface area contributed by atoms with Crippen molar-refractivity contribution in [3.05, 3.63) is 35.9 Å². The first-order valence-electron chi connectivity index (χ1n) is 7.13. The summed E-state index contributed by atoms with van der Waals surface area (Å²) >= 11 is 0. The molecule has 0 aromatic heterocycles. The molecule has 0 aliphatic carbocycles. The van der Waals surface area contributed by atoms with Gasteiger partial charge in [0.15, 0.2) is 0 Å². The van der Waals surface area contributed by atoms with Gasteiger partial charge in [-0.15, -0.1) is 0 Å². The Morgan fingerprint density at radius 1 is 1.11 bits per heavy atom. The molecule has 3 atom stereocenters. The standard InChI is InChI=1S/C16H22N2/c1-18-15-8-5-9-16(18)11-14(10-15)17-12-13-6-3-2-4-7-13/h2-4,6-7,12,14-16H,5,8-11H2,1H3/t14?,15-,16+. The van der Waals surface area contributed by atoms with Crippen LogP contribution in [0, 0.1) is 0 Å². The summed E-state index contributed by atoms with van der Waals surface area (Å²) in [6.07, 6.45) is 8.70. The minimum atomic E-state index is 0.539. The van der Waals surface area contributed by atoms with Crippen molar-refractivity contribution in [3.63, 3.8) is 0 Å². The first-order valence-corrected chi connectivity index (χ1v) is 7.13. The molecule has 0 amide bonds. The van der Waals surface area contributed by atoms with Gasteiger partial charge in [0, 0.05) is 18.3 Å². The second-order valence-corrected chi connectivity index (χ2v) is 5.72. The molecule has 2 aliphatic rings. The van der Waals surface area contributed by atoms with Gasteiger partial charge in [-0.1, -0.05) is 36.8 Å². The van der Waals surface area contributed by atoms with Gasteiger partial charge in [-0.2, -0.15) is 0 Å². The lowest BCUT2D eigenvalue weighted by atomic mass is 9.82. The Morgan fingerprint density at radius 3 is 2.44 bits per heavy atom. The van der Waals surface area contributed by atoms with Gasteiger partial charge in [-0.3, -0.25) is 4.99 Å². The molecule has 0 spiro atoms. The van der Waals surface area contributed by atoms with E-state index in [4.69, 9.17) is 4.99 Å². The molecular formula is C16H22N2. The molecule has 2 bridgehead atoms. The van der Waals surface area contributed by atoms with E-state index in [1.807, 2.05) is 0 Å². The Labute approximate surface area is 110 Å². The molecule has 1 unspecified atom stereocenters. The molecule has 2 nitrogen and oxygen atoms in total. The van der Waals surface area contributed by atoms with E-state index >= 15 is 0 Å². The lowest BCUT2D eigenvalue weighted by Gasteiger charge is -2.46. The number of benzene rings is 1. The lowest BCUT2D eigenvalue weighted by Crippen LogP contribution is -2.50. The van der Waals surface area contributed by atoms with Crippen LogP contribution >= 0.6 is 0 Å². The molecule has 1 aromatic carbocycles. The zero-order chi connectivity index (χ0) is 12.4. The Kier molecular flexibility index (Phi) is 3.46. The Balaban J connectivity index is 1.66. The number of fused-ring (bicyclic) bond motifs is 2. The normalized spacial score (nSPS) is 32.8. The predicted molar refractivity (Wildman–Crippen MR) is 76.2 cm³/mol.